The van der Waals surface area contributed by atoms with Gasteiger partial charge in [0.05, 0.1) is 5.56 Å². The van der Waals surface area contributed by atoms with Gasteiger partial charge < -0.3 is 9.88 Å². The largest absolute Gasteiger partial charge is 0.338 e. The molecule has 0 aliphatic carbocycles. The fourth-order valence-corrected chi connectivity index (χ4v) is 5.17. The van der Waals surface area contributed by atoms with Crippen molar-refractivity contribution in [3.05, 3.63) is 81.9 Å². The number of amides is 1. The minimum atomic E-state index is -0.274. The Morgan fingerprint density at radius 3 is 2.72 bits per heavy atom. The van der Waals surface area contributed by atoms with Crippen molar-refractivity contribution in [2.45, 2.75) is 6.04 Å². The van der Waals surface area contributed by atoms with Gasteiger partial charge in [-0.3, -0.25) is 14.5 Å². The monoisotopic (exact) mass is 391 g/mol. The van der Waals surface area contributed by atoms with Crippen LogP contribution in [-0.4, -0.2) is 47.4 Å². The second kappa shape index (κ2) is 6.81. The highest BCUT2D eigenvalue weighted by Gasteiger charge is 2.47. The molecule has 3 heterocycles. The molecule has 1 N–H and O–H groups in total. The van der Waals surface area contributed by atoms with Gasteiger partial charge >= 0.3 is 0 Å². The lowest BCUT2D eigenvalue weighted by Crippen LogP contribution is -2.34. The minimum Gasteiger partial charge on any atom is -0.338 e. The SMILES string of the molecule is CN1C[C@H]2CN(C(=O)c3cc(=O)[nH]c4ccccc34)C[C@H]2[C@@H]1c1cccc(F)c1. The van der Waals surface area contributed by atoms with Crippen LogP contribution in [0.2, 0.25) is 0 Å². The number of nitrogens with zero attached hydrogens (tertiary/aromatic N) is 2. The van der Waals surface area contributed by atoms with Crippen LogP contribution in [0.25, 0.3) is 10.9 Å². The number of H-pyrrole nitrogens is 1. The summed E-state index contributed by atoms with van der Waals surface area (Å²) in [7, 11) is 2.06. The summed E-state index contributed by atoms with van der Waals surface area (Å²) in [6.07, 6.45) is 0. The molecule has 1 amide bonds. The lowest BCUT2D eigenvalue weighted by Gasteiger charge is -2.27. The van der Waals surface area contributed by atoms with Gasteiger partial charge in [-0.15, -0.1) is 0 Å². The number of carbonyl (C=O) groups is 1. The first-order chi connectivity index (χ1) is 14.0. The van der Waals surface area contributed by atoms with E-state index in [-0.39, 0.29) is 29.2 Å². The fraction of sp³-hybridized carbons (Fsp3) is 0.304. The van der Waals surface area contributed by atoms with Crippen LogP contribution in [-0.2, 0) is 0 Å². The molecule has 5 rings (SSSR count). The summed E-state index contributed by atoms with van der Waals surface area (Å²) in [5.74, 6) is 0.243. The summed E-state index contributed by atoms with van der Waals surface area (Å²) in [6, 6.07) is 15.6. The molecule has 2 aromatic carbocycles. The average molecular weight is 391 g/mol. The molecule has 29 heavy (non-hydrogen) atoms. The number of hydrogen-bond acceptors (Lipinski definition) is 3. The molecule has 0 saturated carbocycles. The number of aromatic amines is 1. The number of para-hydroxylation sites is 1. The quantitative estimate of drug-likeness (QED) is 0.731. The third-order valence-electron chi connectivity index (χ3n) is 6.35. The maximum absolute atomic E-state index is 13.8. The van der Waals surface area contributed by atoms with Gasteiger partial charge in [0.25, 0.3) is 5.91 Å². The van der Waals surface area contributed by atoms with Gasteiger partial charge in [0.1, 0.15) is 5.82 Å². The van der Waals surface area contributed by atoms with Crippen molar-refractivity contribution in [2.75, 3.05) is 26.7 Å². The maximum atomic E-state index is 13.8. The van der Waals surface area contributed by atoms with Gasteiger partial charge in [-0.2, -0.15) is 0 Å². The zero-order chi connectivity index (χ0) is 20.1. The molecular weight excluding hydrogens is 369 g/mol. The molecule has 5 nitrogen and oxygen atoms in total. The Labute approximate surface area is 167 Å². The normalized spacial score (nSPS) is 24.2. The van der Waals surface area contributed by atoms with E-state index in [0.29, 0.717) is 30.1 Å². The number of carbonyl (C=O) groups excluding carboxylic acids is 1. The van der Waals surface area contributed by atoms with E-state index >= 15 is 0 Å². The summed E-state index contributed by atoms with van der Waals surface area (Å²) in [5.41, 5.74) is 1.79. The Morgan fingerprint density at radius 1 is 1.07 bits per heavy atom. The van der Waals surface area contributed by atoms with Crippen LogP contribution < -0.4 is 5.56 Å². The van der Waals surface area contributed by atoms with E-state index in [4.69, 9.17) is 0 Å². The molecule has 2 aliphatic heterocycles. The standard InChI is InChI=1S/C23H22FN3O2/c1-26-11-15-12-27(13-19(15)22(26)14-5-4-6-16(24)9-14)23(29)18-10-21(28)25-20-8-3-2-7-17(18)20/h2-10,15,19,22H,11-13H2,1H3,(H,25,28)/t15-,19+,22-/m0/s1. The minimum absolute atomic E-state index is 0.0874. The van der Waals surface area contributed by atoms with E-state index in [2.05, 4.69) is 16.9 Å². The number of hydrogen-bond donors (Lipinski definition) is 1. The third-order valence-corrected chi connectivity index (χ3v) is 6.35. The summed E-state index contributed by atoms with van der Waals surface area (Å²) < 4.78 is 13.8. The third kappa shape index (κ3) is 3.04. The van der Waals surface area contributed by atoms with Gasteiger partial charge in [-0.1, -0.05) is 30.3 Å². The zero-order valence-corrected chi connectivity index (χ0v) is 16.1. The summed E-state index contributed by atoms with van der Waals surface area (Å²) in [5, 5.41) is 0.757. The van der Waals surface area contributed by atoms with E-state index in [1.54, 1.807) is 18.2 Å². The van der Waals surface area contributed by atoms with Crippen LogP contribution in [0.15, 0.2) is 59.4 Å². The van der Waals surface area contributed by atoms with Crippen molar-refractivity contribution in [3.63, 3.8) is 0 Å². The molecule has 6 heteroatoms. The van der Waals surface area contributed by atoms with Crippen molar-refractivity contribution in [1.29, 1.82) is 0 Å². The molecule has 3 aromatic rings. The Kier molecular flexibility index (Phi) is 4.24. The predicted octanol–water partition coefficient (Wildman–Crippen LogP) is 3.04. The van der Waals surface area contributed by atoms with Crippen LogP contribution in [0, 0.1) is 17.7 Å². The first-order valence-electron chi connectivity index (χ1n) is 9.88. The van der Waals surface area contributed by atoms with E-state index in [0.717, 1.165) is 17.5 Å². The number of fused-ring (bicyclic) bond motifs is 2. The van der Waals surface area contributed by atoms with Gasteiger partial charge in [-0.05, 0) is 36.7 Å². The fourth-order valence-electron chi connectivity index (χ4n) is 5.17. The summed E-state index contributed by atoms with van der Waals surface area (Å²) in [6.45, 7) is 2.13. The van der Waals surface area contributed by atoms with Crippen LogP contribution in [0.3, 0.4) is 0 Å². The first kappa shape index (κ1) is 18.1. The Bertz CT molecular complexity index is 1160. The van der Waals surface area contributed by atoms with E-state index < -0.39 is 0 Å². The molecule has 0 radical (unpaired) electrons. The number of halogens is 1. The second-order valence-corrected chi connectivity index (χ2v) is 8.17. The predicted molar refractivity (Wildman–Crippen MR) is 109 cm³/mol. The summed E-state index contributed by atoms with van der Waals surface area (Å²) in [4.78, 5) is 32.3. The van der Waals surface area contributed by atoms with Crippen molar-refractivity contribution >= 4 is 16.8 Å². The molecule has 0 unspecified atom stereocenters. The molecule has 0 spiro atoms. The van der Waals surface area contributed by atoms with E-state index in [1.807, 2.05) is 29.2 Å². The highest BCUT2D eigenvalue weighted by molar-refractivity contribution is 6.06. The van der Waals surface area contributed by atoms with E-state index in [1.165, 1.54) is 12.1 Å². The first-order valence-corrected chi connectivity index (χ1v) is 9.88. The molecule has 0 bridgehead atoms. The molecule has 2 saturated heterocycles. The van der Waals surface area contributed by atoms with Gasteiger partial charge in [0.2, 0.25) is 5.56 Å². The molecule has 3 atom stereocenters. The Balaban J connectivity index is 1.46. The highest BCUT2D eigenvalue weighted by Crippen LogP contribution is 2.44. The Morgan fingerprint density at radius 2 is 1.90 bits per heavy atom. The number of aromatic nitrogens is 1. The number of pyridine rings is 1. The highest BCUT2D eigenvalue weighted by atomic mass is 19.1. The van der Waals surface area contributed by atoms with Crippen molar-refractivity contribution in [3.8, 4) is 0 Å². The molecule has 148 valence electrons. The Hall–Kier alpha value is -2.99. The van der Waals surface area contributed by atoms with E-state index in [9.17, 15) is 14.0 Å². The van der Waals surface area contributed by atoms with Crippen molar-refractivity contribution in [1.82, 2.24) is 14.8 Å². The summed E-state index contributed by atoms with van der Waals surface area (Å²) >= 11 is 0. The second-order valence-electron chi connectivity index (χ2n) is 8.17. The average Bonchev–Trinajstić information content (AvgIpc) is 3.23. The smallest absolute Gasteiger partial charge is 0.254 e. The number of likely N-dealkylation sites (tertiary alicyclic amines) is 2. The molecule has 2 fully saturated rings. The van der Waals surface area contributed by atoms with Crippen LogP contribution in [0.5, 0.6) is 0 Å². The number of nitrogens with one attached hydrogen (secondary N) is 1. The maximum Gasteiger partial charge on any atom is 0.254 e. The zero-order valence-electron chi connectivity index (χ0n) is 16.1. The van der Waals surface area contributed by atoms with Crippen LogP contribution >= 0.6 is 0 Å². The topological polar surface area (TPSA) is 56.4 Å². The molecule has 2 aliphatic rings. The van der Waals surface area contributed by atoms with Crippen molar-refractivity contribution in [2.24, 2.45) is 11.8 Å². The number of benzene rings is 2. The lowest BCUT2D eigenvalue weighted by atomic mass is 9.89. The van der Waals surface area contributed by atoms with Gasteiger partial charge in [0, 0.05) is 48.6 Å². The molecule has 1 aromatic heterocycles. The molecular formula is C23H22FN3O2. The number of rotatable bonds is 2. The van der Waals surface area contributed by atoms with Crippen molar-refractivity contribution < 1.29 is 9.18 Å². The lowest BCUT2D eigenvalue weighted by molar-refractivity contribution is 0.0769. The van der Waals surface area contributed by atoms with Gasteiger partial charge in [0.15, 0.2) is 0 Å². The van der Waals surface area contributed by atoms with Gasteiger partial charge in [-0.25, -0.2) is 4.39 Å². The van der Waals surface area contributed by atoms with Crippen LogP contribution in [0.1, 0.15) is 22.0 Å². The van der Waals surface area contributed by atoms with Crippen LogP contribution in [0.4, 0.5) is 4.39 Å².